The topological polar surface area (TPSA) is 59.4 Å². The van der Waals surface area contributed by atoms with Crippen LogP contribution in [0.25, 0.3) is 0 Å². The molecule has 2 rings (SSSR count). The molecule has 0 amide bonds. The molecule has 8 heteroatoms. The molecule has 0 aliphatic carbocycles. The number of anilines is 1. The first-order valence-corrected chi connectivity index (χ1v) is 8.01. The van der Waals surface area contributed by atoms with Gasteiger partial charge in [0.2, 0.25) is 5.13 Å². The maximum absolute atomic E-state index is 11.8. The highest BCUT2D eigenvalue weighted by atomic mass is 32.1. The number of ether oxygens (including phenoxy) is 1. The van der Waals surface area contributed by atoms with Gasteiger partial charge in [0.05, 0.1) is 19.2 Å². The van der Waals surface area contributed by atoms with Gasteiger partial charge >= 0.3 is 5.97 Å². The molecule has 0 unspecified atom stereocenters. The largest absolute Gasteiger partial charge is 0.466 e. The second kappa shape index (κ2) is 7.14. The van der Waals surface area contributed by atoms with Crippen molar-refractivity contribution < 1.29 is 9.53 Å². The van der Waals surface area contributed by atoms with Crippen molar-refractivity contribution in [2.45, 2.75) is 26.4 Å². The number of carbonyl (C=O) groups excluding carboxylic acids is 1. The molecule has 0 aromatic carbocycles. The molecule has 1 aromatic rings. The highest BCUT2D eigenvalue weighted by Gasteiger charge is 2.27. The third kappa shape index (κ3) is 3.77. The number of rotatable bonds is 5. The number of aromatic nitrogens is 2. The molecule has 0 spiro atoms. The van der Waals surface area contributed by atoms with E-state index in [4.69, 9.17) is 17.0 Å². The Labute approximate surface area is 127 Å². The molecule has 2 heterocycles. The van der Waals surface area contributed by atoms with Crippen LogP contribution in [0.3, 0.4) is 0 Å². The molecule has 0 saturated carbocycles. The Hall–Kier alpha value is -0.990. The minimum Gasteiger partial charge on any atom is -0.466 e. The molecule has 1 fully saturated rings. The van der Waals surface area contributed by atoms with Crippen LogP contribution in [0.5, 0.6) is 0 Å². The van der Waals surface area contributed by atoms with Crippen LogP contribution >= 0.6 is 23.6 Å². The average molecular weight is 316 g/mol. The van der Waals surface area contributed by atoms with E-state index < -0.39 is 0 Å². The fraction of sp³-hybridized carbons (Fsp3) is 0.750. The van der Waals surface area contributed by atoms with Gasteiger partial charge in [-0.15, -0.1) is 5.10 Å². The first-order chi connectivity index (χ1) is 9.63. The lowest BCUT2D eigenvalue weighted by molar-refractivity contribution is -0.150. The van der Waals surface area contributed by atoms with Crippen molar-refractivity contribution in [2.24, 2.45) is 5.92 Å². The Bertz CT molecular complexity index is 514. The Kier molecular flexibility index (Phi) is 5.50. The summed E-state index contributed by atoms with van der Waals surface area (Å²) in [6.07, 6.45) is 1.90. The van der Waals surface area contributed by atoms with Crippen LogP contribution < -0.4 is 5.32 Å². The lowest BCUT2D eigenvalue weighted by Crippen LogP contribution is -2.40. The second-order valence-electron chi connectivity index (χ2n) is 4.73. The molecule has 112 valence electrons. The summed E-state index contributed by atoms with van der Waals surface area (Å²) in [4.78, 5) is 14.0. The fourth-order valence-corrected chi connectivity index (χ4v) is 3.27. The first-order valence-electron chi connectivity index (χ1n) is 6.78. The van der Waals surface area contributed by atoms with Gasteiger partial charge in [-0.05, 0) is 38.5 Å². The zero-order valence-electron chi connectivity index (χ0n) is 11.8. The van der Waals surface area contributed by atoms with Gasteiger partial charge in [0.25, 0.3) is 0 Å². The third-order valence-electron chi connectivity index (χ3n) is 3.28. The van der Waals surface area contributed by atoms with Gasteiger partial charge < -0.3 is 10.1 Å². The van der Waals surface area contributed by atoms with Gasteiger partial charge in [-0.25, -0.2) is 4.68 Å². The summed E-state index contributed by atoms with van der Waals surface area (Å²) in [5.74, 6) is -0.115. The van der Waals surface area contributed by atoms with Gasteiger partial charge in [0.1, 0.15) is 0 Å². The van der Waals surface area contributed by atoms with E-state index in [0.717, 1.165) is 28.5 Å². The average Bonchev–Trinajstić information content (AvgIpc) is 2.80. The molecule has 1 N–H and O–H groups in total. The first kappa shape index (κ1) is 15.4. The Morgan fingerprint density at radius 1 is 1.65 bits per heavy atom. The zero-order valence-corrected chi connectivity index (χ0v) is 13.4. The van der Waals surface area contributed by atoms with Crippen LogP contribution in [-0.2, 0) is 16.2 Å². The van der Waals surface area contributed by atoms with Crippen molar-refractivity contribution in [3.63, 3.8) is 0 Å². The number of nitrogens with one attached hydrogen (secondary N) is 1. The lowest BCUT2D eigenvalue weighted by Gasteiger charge is -2.31. The molecule has 6 nitrogen and oxygen atoms in total. The predicted octanol–water partition coefficient (Wildman–Crippen LogP) is 1.95. The highest BCUT2D eigenvalue weighted by molar-refractivity contribution is 7.73. The van der Waals surface area contributed by atoms with Crippen LogP contribution in [-0.4, -0.2) is 47.4 Å². The van der Waals surface area contributed by atoms with Crippen molar-refractivity contribution in [2.75, 3.05) is 32.1 Å². The smallest absolute Gasteiger partial charge is 0.310 e. The fourth-order valence-electron chi connectivity index (χ4n) is 2.32. The number of esters is 1. The van der Waals surface area contributed by atoms with Crippen LogP contribution in [0, 0.1) is 9.87 Å². The van der Waals surface area contributed by atoms with E-state index in [1.165, 1.54) is 11.3 Å². The second-order valence-corrected chi connectivity index (χ2v) is 6.35. The van der Waals surface area contributed by atoms with E-state index in [0.29, 0.717) is 19.8 Å². The number of likely N-dealkylation sites (tertiary alicyclic amines) is 1. The maximum Gasteiger partial charge on any atom is 0.310 e. The molecule has 1 aliphatic heterocycles. The summed E-state index contributed by atoms with van der Waals surface area (Å²) in [7, 11) is 1.83. The molecule has 1 aromatic heterocycles. The summed E-state index contributed by atoms with van der Waals surface area (Å²) in [5, 5.41) is 8.20. The predicted molar refractivity (Wildman–Crippen MR) is 81.4 cm³/mol. The molecular weight excluding hydrogens is 296 g/mol. The van der Waals surface area contributed by atoms with E-state index >= 15 is 0 Å². The van der Waals surface area contributed by atoms with Crippen molar-refractivity contribution in [3.05, 3.63) is 3.95 Å². The summed E-state index contributed by atoms with van der Waals surface area (Å²) in [6.45, 7) is 4.59. The number of hydrogen-bond donors (Lipinski definition) is 1. The molecule has 1 saturated heterocycles. The number of carbonyl (C=O) groups is 1. The molecule has 0 radical (unpaired) electrons. The standard InChI is InChI=1S/C12H20N4O2S2/c1-3-18-10(17)9-5-4-6-15(7-9)8-16-12(19)20-11(13-2)14-16/h9H,3-8H2,1-2H3,(H,13,14)/t9-/m0/s1. The maximum atomic E-state index is 11.8. The minimum atomic E-state index is -0.0880. The highest BCUT2D eigenvalue weighted by Crippen LogP contribution is 2.20. The monoisotopic (exact) mass is 316 g/mol. The van der Waals surface area contributed by atoms with E-state index in [1.54, 1.807) is 4.68 Å². The Morgan fingerprint density at radius 2 is 2.45 bits per heavy atom. The van der Waals surface area contributed by atoms with E-state index in [2.05, 4.69) is 15.3 Å². The molecule has 20 heavy (non-hydrogen) atoms. The third-order valence-corrected chi connectivity index (χ3v) is 4.60. The van der Waals surface area contributed by atoms with Crippen molar-refractivity contribution in [3.8, 4) is 0 Å². The van der Waals surface area contributed by atoms with Crippen LogP contribution in [0.1, 0.15) is 19.8 Å². The van der Waals surface area contributed by atoms with E-state index in [9.17, 15) is 4.79 Å². The Balaban J connectivity index is 1.97. The van der Waals surface area contributed by atoms with E-state index in [1.807, 2.05) is 14.0 Å². The molecule has 1 aliphatic rings. The van der Waals surface area contributed by atoms with Gasteiger partial charge in [-0.2, -0.15) is 0 Å². The van der Waals surface area contributed by atoms with Gasteiger partial charge in [-0.3, -0.25) is 9.69 Å². The van der Waals surface area contributed by atoms with Crippen molar-refractivity contribution >= 4 is 34.7 Å². The summed E-state index contributed by atoms with van der Waals surface area (Å²) < 4.78 is 7.66. The quantitative estimate of drug-likeness (QED) is 0.662. The lowest BCUT2D eigenvalue weighted by atomic mass is 9.99. The summed E-state index contributed by atoms with van der Waals surface area (Å²) >= 11 is 6.75. The number of nitrogens with zero attached hydrogens (tertiary/aromatic N) is 3. The van der Waals surface area contributed by atoms with E-state index in [-0.39, 0.29) is 11.9 Å². The van der Waals surface area contributed by atoms with Gasteiger partial charge in [0, 0.05) is 13.6 Å². The Morgan fingerprint density at radius 3 is 3.10 bits per heavy atom. The number of hydrogen-bond acceptors (Lipinski definition) is 7. The van der Waals surface area contributed by atoms with Crippen molar-refractivity contribution in [1.82, 2.24) is 14.7 Å². The summed E-state index contributed by atoms with van der Waals surface area (Å²) in [6, 6.07) is 0. The normalized spacial score (nSPS) is 19.8. The van der Waals surface area contributed by atoms with Gasteiger partial charge in [-0.1, -0.05) is 11.3 Å². The molecule has 0 bridgehead atoms. The van der Waals surface area contributed by atoms with Crippen LogP contribution in [0.4, 0.5) is 5.13 Å². The SMILES string of the molecule is CCOC(=O)[C@H]1CCCN(Cn2nc(NC)sc2=S)C1. The summed E-state index contributed by atoms with van der Waals surface area (Å²) in [5.41, 5.74) is 0. The van der Waals surface area contributed by atoms with Crippen molar-refractivity contribution in [1.29, 1.82) is 0 Å². The minimum absolute atomic E-state index is 0.0275. The molecule has 1 atom stereocenters. The van der Waals surface area contributed by atoms with Crippen LogP contribution in [0.2, 0.25) is 0 Å². The van der Waals surface area contributed by atoms with Gasteiger partial charge in [0.15, 0.2) is 3.95 Å². The van der Waals surface area contributed by atoms with Crippen LogP contribution in [0.15, 0.2) is 0 Å². The zero-order chi connectivity index (χ0) is 14.5. The number of piperidine rings is 1. The molecular formula is C12H20N4O2S2.